The first-order valence-corrected chi connectivity index (χ1v) is 6.20. The van der Waals surface area contributed by atoms with Gasteiger partial charge in [-0.05, 0) is 44.0 Å². The van der Waals surface area contributed by atoms with Crippen molar-refractivity contribution < 1.29 is 9.53 Å². The highest BCUT2D eigenvalue weighted by Crippen LogP contribution is 2.29. The van der Waals surface area contributed by atoms with Crippen LogP contribution < -0.4 is 4.74 Å². The zero-order valence-electron chi connectivity index (χ0n) is 11.7. The van der Waals surface area contributed by atoms with Crippen molar-refractivity contribution in [2.24, 2.45) is 0 Å². The molecule has 4 heteroatoms. The van der Waals surface area contributed by atoms with Crippen molar-refractivity contribution in [2.45, 2.75) is 27.2 Å². The first kappa shape index (κ1) is 13.3. The van der Waals surface area contributed by atoms with Crippen LogP contribution in [0.25, 0.3) is 11.3 Å². The Morgan fingerprint density at radius 1 is 1.32 bits per heavy atom. The number of nitrogens with zero attached hydrogens (tertiary/aromatic N) is 1. The summed E-state index contributed by atoms with van der Waals surface area (Å²) in [4.78, 5) is 18.5. The quantitative estimate of drug-likeness (QED) is 0.917. The summed E-state index contributed by atoms with van der Waals surface area (Å²) in [7, 11) is 1.68. The molecule has 1 N–H and O–H groups in total. The van der Waals surface area contributed by atoms with Crippen molar-refractivity contribution in [1.29, 1.82) is 0 Å². The maximum absolute atomic E-state index is 11.1. The fourth-order valence-corrected chi connectivity index (χ4v) is 2.26. The minimum atomic E-state index is 0.1000. The predicted octanol–water partition coefficient (Wildman–Crippen LogP) is 2.83. The lowest BCUT2D eigenvalue weighted by Crippen LogP contribution is -1.98. The van der Waals surface area contributed by atoms with Crippen LogP contribution in [0.3, 0.4) is 0 Å². The molecule has 0 aliphatic heterocycles. The molecular formula is C15H18N2O2. The van der Waals surface area contributed by atoms with Gasteiger partial charge in [0.25, 0.3) is 0 Å². The Bertz CT molecular complexity index is 591. The van der Waals surface area contributed by atoms with Crippen LogP contribution >= 0.6 is 0 Å². The predicted molar refractivity (Wildman–Crippen MR) is 74.4 cm³/mol. The Hall–Kier alpha value is -2.10. The van der Waals surface area contributed by atoms with Crippen molar-refractivity contribution >= 4 is 5.78 Å². The van der Waals surface area contributed by atoms with Crippen LogP contribution in [0.2, 0.25) is 0 Å². The maximum atomic E-state index is 11.1. The van der Waals surface area contributed by atoms with Gasteiger partial charge in [0.15, 0.2) is 0 Å². The van der Waals surface area contributed by atoms with Gasteiger partial charge in [-0.2, -0.15) is 0 Å². The second-order valence-corrected chi connectivity index (χ2v) is 4.77. The topological polar surface area (TPSA) is 55.0 Å². The normalized spacial score (nSPS) is 10.5. The number of aromatic nitrogens is 2. The molecule has 1 aromatic heterocycles. The van der Waals surface area contributed by atoms with Crippen LogP contribution in [0.15, 0.2) is 18.3 Å². The fourth-order valence-electron chi connectivity index (χ4n) is 2.26. The molecule has 0 amide bonds. The van der Waals surface area contributed by atoms with E-state index in [-0.39, 0.29) is 5.78 Å². The average Bonchev–Trinajstić information content (AvgIpc) is 2.76. The van der Waals surface area contributed by atoms with Gasteiger partial charge in [-0.25, -0.2) is 4.98 Å². The molecule has 100 valence electrons. The number of ether oxygens (including phenoxy) is 1. The lowest BCUT2D eigenvalue weighted by atomic mass is 10.0. The van der Waals surface area contributed by atoms with Crippen LogP contribution in [-0.2, 0) is 11.2 Å². The summed E-state index contributed by atoms with van der Waals surface area (Å²) in [5.41, 5.74) is 4.14. The molecule has 1 aromatic carbocycles. The number of hydrogen-bond donors (Lipinski definition) is 1. The van der Waals surface area contributed by atoms with Crippen molar-refractivity contribution in [3.8, 4) is 17.0 Å². The van der Waals surface area contributed by atoms with Gasteiger partial charge in [0.1, 0.15) is 17.4 Å². The number of aryl methyl sites for hydroxylation is 2. The third-order valence-electron chi connectivity index (χ3n) is 3.02. The Morgan fingerprint density at radius 2 is 1.95 bits per heavy atom. The lowest BCUT2D eigenvalue weighted by Gasteiger charge is -2.10. The highest BCUT2D eigenvalue weighted by Gasteiger charge is 2.09. The smallest absolute Gasteiger partial charge is 0.137 e. The monoisotopic (exact) mass is 258 g/mol. The Morgan fingerprint density at radius 3 is 2.47 bits per heavy atom. The van der Waals surface area contributed by atoms with Crippen LogP contribution in [0.5, 0.6) is 5.75 Å². The number of nitrogens with one attached hydrogen (secondary N) is 1. The van der Waals surface area contributed by atoms with Gasteiger partial charge in [0.2, 0.25) is 0 Å². The van der Waals surface area contributed by atoms with Gasteiger partial charge in [-0.3, -0.25) is 4.79 Å². The van der Waals surface area contributed by atoms with Crippen molar-refractivity contribution in [3.05, 3.63) is 35.3 Å². The van der Waals surface area contributed by atoms with E-state index in [0.717, 1.165) is 28.1 Å². The Kier molecular flexibility index (Phi) is 3.69. The minimum absolute atomic E-state index is 0.1000. The zero-order chi connectivity index (χ0) is 14.0. The Balaban J connectivity index is 2.37. The number of Topliss-reactive ketones (excluding diaryl/α,β-unsaturated/α-hetero) is 1. The van der Waals surface area contributed by atoms with E-state index in [2.05, 4.69) is 22.1 Å². The number of carbonyl (C=O) groups is 1. The highest BCUT2D eigenvalue weighted by atomic mass is 16.5. The number of aromatic amines is 1. The third kappa shape index (κ3) is 2.84. The van der Waals surface area contributed by atoms with E-state index in [1.807, 2.05) is 13.8 Å². The second kappa shape index (κ2) is 5.26. The molecule has 0 fully saturated rings. The number of H-pyrrole nitrogens is 1. The summed E-state index contributed by atoms with van der Waals surface area (Å²) < 4.78 is 5.35. The van der Waals surface area contributed by atoms with Crippen LogP contribution in [0.1, 0.15) is 23.9 Å². The molecule has 4 nitrogen and oxygen atoms in total. The molecular weight excluding hydrogens is 240 g/mol. The van der Waals surface area contributed by atoms with Gasteiger partial charge in [0, 0.05) is 5.56 Å². The van der Waals surface area contributed by atoms with E-state index in [0.29, 0.717) is 12.2 Å². The molecule has 0 radical (unpaired) electrons. The van der Waals surface area contributed by atoms with Gasteiger partial charge in [0.05, 0.1) is 25.4 Å². The summed E-state index contributed by atoms with van der Waals surface area (Å²) in [6, 6.07) is 4.10. The SMILES string of the molecule is COc1c(C)cc(-c2cnc(CC(C)=O)[nH]2)cc1C. The third-order valence-corrected chi connectivity index (χ3v) is 3.02. The summed E-state index contributed by atoms with van der Waals surface area (Å²) in [6.07, 6.45) is 2.10. The van der Waals surface area contributed by atoms with Crippen LogP contribution in [-0.4, -0.2) is 22.9 Å². The van der Waals surface area contributed by atoms with Crippen LogP contribution in [0.4, 0.5) is 0 Å². The van der Waals surface area contributed by atoms with E-state index in [9.17, 15) is 4.79 Å². The minimum Gasteiger partial charge on any atom is -0.496 e. The molecule has 0 saturated heterocycles. The average molecular weight is 258 g/mol. The molecule has 19 heavy (non-hydrogen) atoms. The number of imidazole rings is 1. The standard InChI is InChI=1S/C15H18N2O2/c1-9-5-12(6-10(2)15(9)19-4)13-8-16-14(17-13)7-11(3)18/h5-6,8H,7H2,1-4H3,(H,16,17). The molecule has 2 rings (SSSR count). The summed E-state index contributed by atoms with van der Waals surface area (Å²) in [6.45, 7) is 5.59. The number of benzene rings is 1. The number of carbonyl (C=O) groups excluding carboxylic acids is 1. The fraction of sp³-hybridized carbons (Fsp3) is 0.333. The molecule has 0 unspecified atom stereocenters. The molecule has 0 atom stereocenters. The Labute approximate surface area is 112 Å². The van der Waals surface area contributed by atoms with E-state index in [1.165, 1.54) is 0 Å². The van der Waals surface area contributed by atoms with E-state index in [1.54, 1.807) is 20.2 Å². The van der Waals surface area contributed by atoms with E-state index in [4.69, 9.17) is 4.74 Å². The van der Waals surface area contributed by atoms with Gasteiger partial charge in [-0.1, -0.05) is 0 Å². The first-order valence-electron chi connectivity index (χ1n) is 6.20. The molecule has 0 saturated carbocycles. The van der Waals surface area contributed by atoms with Gasteiger partial charge >= 0.3 is 0 Å². The van der Waals surface area contributed by atoms with Crippen molar-refractivity contribution in [2.75, 3.05) is 7.11 Å². The largest absolute Gasteiger partial charge is 0.496 e. The molecule has 0 aliphatic rings. The van der Waals surface area contributed by atoms with Crippen molar-refractivity contribution in [3.63, 3.8) is 0 Å². The molecule has 2 aromatic rings. The van der Waals surface area contributed by atoms with Crippen LogP contribution in [0, 0.1) is 13.8 Å². The lowest BCUT2D eigenvalue weighted by molar-refractivity contribution is -0.116. The number of methoxy groups -OCH3 is 1. The van der Waals surface area contributed by atoms with E-state index < -0.39 is 0 Å². The summed E-state index contributed by atoms with van der Waals surface area (Å²) >= 11 is 0. The van der Waals surface area contributed by atoms with Gasteiger partial charge in [-0.15, -0.1) is 0 Å². The molecule has 1 heterocycles. The van der Waals surface area contributed by atoms with E-state index >= 15 is 0 Å². The number of ketones is 1. The summed E-state index contributed by atoms with van der Waals surface area (Å²) in [5, 5.41) is 0. The number of rotatable bonds is 4. The molecule has 0 bridgehead atoms. The second-order valence-electron chi connectivity index (χ2n) is 4.77. The number of hydrogen-bond acceptors (Lipinski definition) is 3. The van der Waals surface area contributed by atoms with Crippen molar-refractivity contribution in [1.82, 2.24) is 9.97 Å². The molecule has 0 aliphatic carbocycles. The summed E-state index contributed by atoms with van der Waals surface area (Å²) in [5.74, 6) is 1.71. The zero-order valence-corrected chi connectivity index (χ0v) is 11.7. The maximum Gasteiger partial charge on any atom is 0.137 e. The molecule has 0 spiro atoms. The first-order chi connectivity index (χ1) is 9.01. The van der Waals surface area contributed by atoms with Gasteiger partial charge < -0.3 is 9.72 Å². The highest BCUT2D eigenvalue weighted by molar-refractivity contribution is 5.77.